The largest absolute Gasteiger partial charge is 0.463 e. The van der Waals surface area contributed by atoms with Crippen molar-refractivity contribution in [2.45, 2.75) is 19.9 Å². The normalized spacial score (nSPS) is 15.2. The van der Waals surface area contributed by atoms with Crippen LogP contribution >= 0.6 is 0 Å². The van der Waals surface area contributed by atoms with E-state index in [0.717, 1.165) is 12.1 Å². The number of fused-ring (bicyclic) bond motifs is 1. The third kappa shape index (κ3) is 4.36. The molecule has 1 aromatic heterocycles. The molecule has 1 aliphatic rings. The van der Waals surface area contributed by atoms with E-state index in [1.165, 1.54) is 40.2 Å². The van der Waals surface area contributed by atoms with Crippen LogP contribution in [0.25, 0.3) is 0 Å². The number of halogens is 3. The number of nitrogens with one attached hydrogen (secondary N) is 1. The minimum Gasteiger partial charge on any atom is -0.463 e. The first-order valence-electron chi connectivity index (χ1n) is 10.4. The number of hydrogen-bond acceptors (Lipinski definition) is 6. The van der Waals surface area contributed by atoms with E-state index in [1.807, 2.05) is 0 Å². The Bertz CT molecular complexity index is 1270. The number of rotatable bonds is 6. The maximum atomic E-state index is 14.0. The van der Waals surface area contributed by atoms with Gasteiger partial charge in [-0.3, -0.25) is 4.79 Å². The number of anilines is 2. The van der Waals surface area contributed by atoms with Crippen molar-refractivity contribution in [2.75, 3.05) is 23.4 Å². The van der Waals surface area contributed by atoms with Gasteiger partial charge in [0.1, 0.15) is 36.4 Å². The third-order valence-corrected chi connectivity index (χ3v) is 5.30. The molecule has 0 unspecified atom stereocenters. The molecule has 0 spiro atoms. The fraction of sp³-hybridized carbons (Fsp3) is 0.217. The summed E-state index contributed by atoms with van der Waals surface area (Å²) < 4.78 is 47.4. The molecule has 2 heterocycles. The molecule has 0 radical (unpaired) electrons. The summed E-state index contributed by atoms with van der Waals surface area (Å²) in [5, 5.41) is 6.61. The summed E-state index contributed by atoms with van der Waals surface area (Å²) in [7, 11) is 0. The van der Waals surface area contributed by atoms with Crippen LogP contribution in [0.15, 0.2) is 60.1 Å². The predicted molar refractivity (Wildman–Crippen MR) is 116 cm³/mol. The van der Waals surface area contributed by atoms with Crippen LogP contribution in [0.2, 0.25) is 0 Å². The molecule has 1 N–H and O–H groups in total. The molecule has 0 fully saturated rings. The number of esters is 1. The smallest absolute Gasteiger partial charge is 0.338 e. The lowest BCUT2D eigenvalue weighted by atomic mass is 9.95. The van der Waals surface area contributed by atoms with Crippen LogP contribution in [0, 0.1) is 17.5 Å². The van der Waals surface area contributed by atoms with E-state index in [-0.39, 0.29) is 30.4 Å². The lowest BCUT2D eigenvalue weighted by Crippen LogP contribution is -2.41. The van der Waals surface area contributed by atoms with Crippen molar-refractivity contribution in [1.82, 2.24) is 14.8 Å². The molecule has 0 saturated heterocycles. The maximum Gasteiger partial charge on any atom is 0.338 e. The Kier molecular flexibility index (Phi) is 6.35. The summed E-state index contributed by atoms with van der Waals surface area (Å²) in [5.41, 5.74) is 0.921. The number of benzene rings is 2. The summed E-state index contributed by atoms with van der Waals surface area (Å²) in [6, 6.07) is 7.60. The van der Waals surface area contributed by atoms with Crippen LogP contribution in [-0.2, 0) is 14.3 Å². The number of allylic oxidation sites excluding steroid dienone is 1. The van der Waals surface area contributed by atoms with Gasteiger partial charge in [0, 0.05) is 11.8 Å². The van der Waals surface area contributed by atoms with Crippen molar-refractivity contribution in [3.8, 4) is 0 Å². The molecular formula is C23H20F3N5O3. The van der Waals surface area contributed by atoms with Crippen molar-refractivity contribution in [2.24, 2.45) is 0 Å². The van der Waals surface area contributed by atoms with Crippen molar-refractivity contribution >= 4 is 23.5 Å². The van der Waals surface area contributed by atoms with Crippen LogP contribution in [0.5, 0.6) is 0 Å². The molecule has 0 saturated carbocycles. The van der Waals surface area contributed by atoms with E-state index in [1.54, 1.807) is 13.8 Å². The van der Waals surface area contributed by atoms with Gasteiger partial charge < -0.3 is 15.0 Å². The van der Waals surface area contributed by atoms with E-state index in [2.05, 4.69) is 15.4 Å². The van der Waals surface area contributed by atoms with E-state index in [0.29, 0.717) is 17.3 Å². The fourth-order valence-corrected chi connectivity index (χ4v) is 3.77. The number of carbonyl (C=O) groups is 2. The number of aromatic nitrogens is 3. The van der Waals surface area contributed by atoms with Crippen LogP contribution in [-0.4, -0.2) is 39.8 Å². The molecule has 4 rings (SSSR count). The second-order valence-electron chi connectivity index (χ2n) is 7.44. The highest BCUT2D eigenvalue weighted by molar-refractivity contribution is 5.96. The zero-order valence-electron chi connectivity index (χ0n) is 18.3. The van der Waals surface area contributed by atoms with Crippen molar-refractivity contribution in [1.29, 1.82) is 0 Å². The van der Waals surface area contributed by atoms with E-state index >= 15 is 0 Å². The van der Waals surface area contributed by atoms with Crippen molar-refractivity contribution in [3.05, 3.63) is 83.1 Å². The van der Waals surface area contributed by atoms with Crippen LogP contribution in [0.1, 0.15) is 25.5 Å². The Labute approximate surface area is 192 Å². The van der Waals surface area contributed by atoms with Crippen LogP contribution in [0.4, 0.5) is 24.8 Å². The Morgan fingerprint density at radius 2 is 1.79 bits per heavy atom. The van der Waals surface area contributed by atoms with Gasteiger partial charge in [-0.1, -0.05) is 12.1 Å². The third-order valence-electron chi connectivity index (χ3n) is 5.30. The molecule has 0 aliphatic carbocycles. The minimum absolute atomic E-state index is 0.111. The zero-order chi connectivity index (χ0) is 24.4. The van der Waals surface area contributed by atoms with Crippen LogP contribution in [0.3, 0.4) is 0 Å². The molecule has 0 bridgehead atoms. The van der Waals surface area contributed by atoms with Gasteiger partial charge in [0.15, 0.2) is 0 Å². The first-order valence-corrected chi connectivity index (χ1v) is 10.4. The second kappa shape index (κ2) is 9.38. The minimum atomic E-state index is -0.925. The first-order chi connectivity index (χ1) is 16.3. The summed E-state index contributed by atoms with van der Waals surface area (Å²) in [5.74, 6) is -3.17. The number of carbonyl (C=O) groups excluding carboxylic acids is 2. The molecule has 8 nitrogen and oxygen atoms in total. The molecule has 3 aromatic rings. The first kappa shape index (κ1) is 23.0. The summed E-state index contributed by atoms with van der Waals surface area (Å²) in [4.78, 5) is 31.4. The average Bonchev–Trinajstić information content (AvgIpc) is 3.27. The van der Waals surface area contributed by atoms with Gasteiger partial charge in [-0.2, -0.15) is 10.1 Å². The van der Waals surface area contributed by atoms with Gasteiger partial charge in [-0.15, -0.1) is 0 Å². The summed E-state index contributed by atoms with van der Waals surface area (Å²) in [6.07, 6.45) is 1.26. The molecule has 176 valence electrons. The zero-order valence-corrected chi connectivity index (χ0v) is 18.3. The van der Waals surface area contributed by atoms with Crippen molar-refractivity contribution < 1.29 is 27.5 Å². The highest BCUT2D eigenvalue weighted by Gasteiger charge is 2.38. The lowest BCUT2D eigenvalue weighted by molar-refractivity contribution is -0.139. The Morgan fingerprint density at radius 3 is 2.47 bits per heavy atom. The number of nitrogens with zero attached hydrogens (tertiary/aromatic N) is 4. The molecule has 1 atom stereocenters. The maximum absolute atomic E-state index is 14.0. The van der Waals surface area contributed by atoms with Crippen molar-refractivity contribution in [3.63, 3.8) is 0 Å². The van der Waals surface area contributed by atoms with Gasteiger partial charge in [-0.25, -0.2) is 22.6 Å². The summed E-state index contributed by atoms with van der Waals surface area (Å²) in [6.45, 7) is 3.04. The molecule has 34 heavy (non-hydrogen) atoms. The molecule has 1 aliphatic heterocycles. The highest BCUT2D eigenvalue weighted by Crippen LogP contribution is 2.38. The topological polar surface area (TPSA) is 89.3 Å². The Hall–Kier alpha value is -4.15. The van der Waals surface area contributed by atoms with Gasteiger partial charge in [0.05, 0.1) is 17.9 Å². The van der Waals surface area contributed by atoms with E-state index in [4.69, 9.17) is 4.74 Å². The van der Waals surface area contributed by atoms with Gasteiger partial charge >= 0.3 is 5.97 Å². The number of amides is 1. The molecule has 11 heteroatoms. The van der Waals surface area contributed by atoms with Crippen LogP contribution < -0.4 is 10.2 Å². The van der Waals surface area contributed by atoms with E-state index in [9.17, 15) is 22.8 Å². The standard InChI is InChI=1S/C23H20F3N5O3/c1-3-34-22(33)20-13(2)30(11-19(32)29-18-9-8-16(25)10-17(18)26)23-27-12-28-31(23)21(20)14-4-6-15(24)7-5-14/h4-10,12,21H,3,11H2,1-2H3,(H,29,32)/t21-/m0/s1. The molecular weight excluding hydrogens is 451 g/mol. The molecule has 2 aromatic carbocycles. The Morgan fingerprint density at radius 1 is 1.09 bits per heavy atom. The SMILES string of the molecule is CCOC(=O)C1=C(C)N(CC(=O)Nc2ccc(F)cc2F)c2ncnn2[C@H]1c1ccc(F)cc1. The van der Waals surface area contributed by atoms with Gasteiger partial charge in [0.25, 0.3) is 0 Å². The molecule has 1 amide bonds. The van der Waals surface area contributed by atoms with Gasteiger partial charge in [-0.05, 0) is 43.7 Å². The number of hydrogen-bond donors (Lipinski definition) is 1. The average molecular weight is 471 g/mol. The quantitative estimate of drug-likeness (QED) is 0.553. The monoisotopic (exact) mass is 471 g/mol. The number of ether oxygens (including phenoxy) is 1. The summed E-state index contributed by atoms with van der Waals surface area (Å²) >= 11 is 0. The Balaban J connectivity index is 1.72. The van der Waals surface area contributed by atoms with E-state index < -0.39 is 35.4 Å². The second-order valence-corrected chi connectivity index (χ2v) is 7.44. The lowest BCUT2D eigenvalue weighted by Gasteiger charge is -2.35. The van der Waals surface area contributed by atoms with Gasteiger partial charge in [0.2, 0.25) is 11.9 Å². The predicted octanol–water partition coefficient (Wildman–Crippen LogP) is 3.58. The fourth-order valence-electron chi connectivity index (χ4n) is 3.77. The highest BCUT2D eigenvalue weighted by atomic mass is 19.1.